The molecule has 6 heteroatoms. The largest absolute Gasteiger partial charge is 0.434 e. The van der Waals surface area contributed by atoms with Crippen LogP contribution in [0, 0.1) is 3.57 Å². The SMILES string of the molecule is O=C(CCCl)c1cc(I)ccc1OC(F)F. The molecule has 16 heavy (non-hydrogen) atoms. The van der Waals surface area contributed by atoms with Crippen molar-refractivity contribution in [3.63, 3.8) is 0 Å². The van der Waals surface area contributed by atoms with Crippen LogP contribution in [0.3, 0.4) is 0 Å². The second-order valence-electron chi connectivity index (χ2n) is 2.88. The second kappa shape index (κ2) is 6.34. The molecule has 0 aliphatic heterocycles. The molecular weight excluding hydrogens is 352 g/mol. The highest BCUT2D eigenvalue weighted by atomic mass is 127. The summed E-state index contributed by atoms with van der Waals surface area (Å²) >= 11 is 7.42. The van der Waals surface area contributed by atoms with Crippen molar-refractivity contribution in [2.45, 2.75) is 13.0 Å². The van der Waals surface area contributed by atoms with Crippen LogP contribution in [-0.2, 0) is 0 Å². The van der Waals surface area contributed by atoms with Crippen LogP contribution in [0.5, 0.6) is 5.75 Å². The molecule has 0 aliphatic rings. The van der Waals surface area contributed by atoms with Gasteiger partial charge in [0.05, 0.1) is 5.56 Å². The lowest BCUT2D eigenvalue weighted by molar-refractivity contribution is -0.0501. The van der Waals surface area contributed by atoms with Gasteiger partial charge >= 0.3 is 6.61 Å². The molecule has 1 aromatic rings. The standard InChI is InChI=1S/C10H8ClF2IO2/c11-4-3-8(15)7-5-6(14)1-2-9(7)16-10(12)13/h1-2,5,10H,3-4H2. The van der Waals surface area contributed by atoms with Crippen molar-refractivity contribution in [3.8, 4) is 5.75 Å². The number of carbonyl (C=O) groups excluding carboxylic acids is 1. The maximum Gasteiger partial charge on any atom is 0.387 e. The summed E-state index contributed by atoms with van der Waals surface area (Å²) in [6.45, 7) is -2.94. The molecule has 0 spiro atoms. The van der Waals surface area contributed by atoms with E-state index in [1.165, 1.54) is 12.1 Å². The number of carbonyl (C=O) groups is 1. The number of ketones is 1. The summed E-state index contributed by atoms with van der Waals surface area (Å²) in [4.78, 5) is 11.6. The van der Waals surface area contributed by atoms with Crippen LogP contribution in [0.4, 0.5) is 8.78 Å². The molecule has 1 aromatic carbocycles. The number of hydrogen-bond donors (Lipinski definition) is 0. The van der Waals surface area contributed by atoms with E-state index in [4.69, 9.17) is 11.6 Å². The summed E-state index contributed by atoms with van der Waals surface area (Å²) in [5.41, 5.74) is 0.146. The normalized spacial score (nSPS) is 10.6. The van der Waals surface area contributed by atoms with Gasteiger partial charge in [0.15, 0.2) is 5.78 Å². The first-order chi connectivity index (χ1) is 7.54. The Morgan fingerprint density at radius 2 is 2.19 bits per heavy atom. The van der Waals surface area contributed by atoms with Crippen LogP contribution >= 0.6 is 34.2 Å². The average Bonchev–Trinajstić information content (AvgIpc) is 2.20. The summed E-state index contributed by atoms with van der Waals surface area (Å²) in [7, 11) is 0. The quantitative estimate of drug-likeness (QED) is 0.455. The summed E-state index contributed by atoms with van der Waals surface area (Å²) < 4.78 is 29.2. The first-order valence-corrected chi connectivity index (χ1v) is 5.99. The van der Waals surface area contributed by atoms with E-state index >= 15 is 0 Å². The van der Waals surface area contributed by atoms with Crippen molar-refractivity contribution in [1.82, 2.24) is 0 Å². The van der Waals surface area contributed by atoms with Crippen molar-refractivity contribution < 1.29 is 18.3 Å². The zero-order chi connectivity index (χ0) is 12.1. The zero-order valence-electron chi connectivity index (χ0n) is 8.05. The summed E-state index contributed by atoms with van der Waals surface area (Å²) in [6.07, 6.45) is 0.0985. The monoisotopic (exact) mass is 360 g/mol. The maximum absolute atomic E-state index is 12.1. The summed E-state index contributed by atoms with van der Waals surface area (Å²) in [5.74, 6) is -0.256. The lowest BCUT2D eigenvalue weighted by Gasteiger charge is -2.09. The fourth-order valence-electron chi connectivity index (χ4n) is 1.14. The van der Waals surface area contributed by atoms with Gasteiger partial charge in [-0.1, -0.05) is 0 Å². The van der Waals surface area contributed by atoms with Gasteiger partial charge in [-0.15, -0.1) is 11.6 Å². The molecule has 0 fully saturated rings. The Balaban J connectivity index is 3.02. The van der Waals surface area contributed by atoms with Crippen LogP contribution in [0.25, 0.3) is 0 Å². The van der Waals surface area contributed by atoms with Gasteiger partial charge in [0, 0.05) is 15.9 Å². The third-order valence-electron chi connectivity index (χ3n) is 1.78. The third kappa shape index (κ3) is 3.86. The average molecular weight is 361 g/mol. The molecular formula is C10H8ClF2IO2. The van der Waals surface area contributed by atoms with Gasteiger partial charge in [-0.25, -0.2) is 0 Å². The van der Waals surface area contributed by atoms with Gasteiger partial charge < -0.3 is 4.74 Å². The van der Waals surface area contributed by atoms with Crippen LogP contribution in [0.2, 0.25) is 0 Å². The van der Waals surface area contributed by atoms with Gasteiger partial charge in [0.25, 0.3) is 0 Å². The predicted octanol–water partition coefficient (Wildman–Crippen LogP) is 3.70. The second-order valence-corrected chi connectivity index (χ2v) is 4.50. The maximum atomic E-state index is 12.1. The Morgan fingerprint density at radius 1 is 1.50 bits per heavy atom. The number of Topliss-reactive ketones (excluding diaryl/α,β-unsaturated/α-hetero) is 1. The Hall–Kier alpha value is -0.430. The topological polar surface area (TPSA) is 26.3 Å². The molecule has 0 radical (unpaired) electrons. The lowest BCUT2D eigenvalue weighted by atomic mass is 10.1. The lowest BCUT2D eigenvalue weighted by Crippen LogP contribution is -2.08. The summed E-state index contributed by atoms with van der Waals surface area (Å²) in [6, 6.07) is 4.46. The molecule has 0 atom stereocenters. The van der Waals surface area contributed by atoms with Crippen molar-refractivity contribution in [3.05, 3.63) is 27.3 Å². The molecule has 0 aliphatic carbocycles. The van der Waals surface area contributed by atoms with Crippen LogP contribution in [0.15, 0.2) is 18.2 Å². The molecule has 2 nitrogen and oxygen atoms in total. The zero-order valence-corrected chi connectivity index (χ0v) is 11.0. The molecule has 0 aromatic heterocycles. The molecule has 1 rings (SSSR count). The van der Waals surface area contributed by atoms with Gasteiger partial charge in [-0.05, 0) is 40.8 Å². The molecule has 0 unspecified atom stereocenters. The van der Waals surface area contributed by atoms with Crippen molar-refractivity contribution in [2.75, 3.05) is 5.88 Å². The number of benzene rings is 1. The number of hydrogen-bond acceptors (Lipinski definition) is 2. The number of rotatable bonds is 5. The molecule has 0 N–H and O–H groups in total. The molecule has 0 saturated heterocycles. The van der Waals surface area contributed by atoms with Crippen molar-refractivity contribution >= 4 is 40.0 Å². The Bertz CT molecular complexity index is 385. The van der Waals surface area contributed by atoms with Crippen molar-refractivity contribution in [2.24, 2.45) is 0 Å². The number of ether oxygens (including phenoxy) is 1. The van der Waals surface area contributed by atoms with E-state index in [1.54, 1.807) is 6.07 Å². The highest BCUT2D eigenvalue weighted by Crippen LogP contribution is 2.24. The minimum atomic E-state index is -2.94. The fraction of sp³-hybridized carbons (Fsp3) is 0.300. The molecule has 0 amide bonds. The Morgan fingerprint density at radius 3 is 2.75 bits per heavy atom. The van der Waals surface area contributed by atoms with Gasteiger partial charge in [-0.2, -0.15) is 8.78 Å². The van der Waals surface area contributed by atoms with E-state index in [2.05, 4.69) is 4.74 Å². The van der Waals surface area contributed by atoms with E-state index in [-0.39, 0.29) is 29.4 Å². The van der Waals surface area contributed by atoms with Gasteiger partial charge in [-0.3, -0.25) is 4.79 Å². The minimum Gasteiger partial charge on any atom is -0.434 e. The Labute approximate surface area is 110 Å². The molecule has 0 saturated carbocycles. The summed E-state index contributed by atoms with van der Waals surface area (Å²) in [5, 5.41) is 0. The fourth-order valence-corrected chi connectivity index (χ4v) is 1.80. The first kappa shape index (κ1) is 13.6. The van der Waals surface area contributed by atoms with E-state index in [0.717, 1.165) is 3.57 Å². The number of alkyl halides is 3. The smallest absolute Gasteiger partial charge is 0.387 e. The number of halogens is 4. The van der Waals surface area contributed by atoms with Crippen LogP contribution < -0.4 is 4.74 Å². The van der Waals surface area contributed by atoms with Gasteiger partial charge in [0.1, 0.15) is 5.75 Å². The minimum absolute atomic E-state index is 0.0985. The molecule has 88 valence electrons. The first-order valence-electron chi connectivity index (χ1n) is 4.38. The van der Waals surface area contributed by atoms with E-state index in [9.17, 15) is 13.6 Å². The Kier molecular flexibility index (Phi) is 5.40. The predicted molar refractivity (Wildman–Crippen MR) is 65.5 cm³/mol. The highest BCUT2D eigenvalue weighted by molar-refractivity contribution is 14.1. The van der Waals surface area contributed by atoms with E-state index in [1.807, 2.05) is 22.6 Å². The molecule has 0 heterocycles. The van der Waals surface area contributed by atoms with Crippen molar-refractivity contribution in [1.29, 1.82) is 0 Å². The van der Waals surface area contributed by atoms with Crippen LogP contribution in [-0.4, -0.2) is 18.3 Å². The molecule has 0 bridgehead atoms. The van der Waals surface area contributed by atoms with E-state index < -0.39 is 6.61 Å². The van der Waals surface area contributed by atoms with Gasteiger partial charge in [0.2, 0.25) is 0 Å². The van der Waals surface area contributed by atoms with Crippen LogP contribution in [0.1, 0.15) is 16.8 Å². The van der Waals surface area contributed by atoms with E-state index in [0.29, 0.717) is 0 Å². The highest BCUT2D eigenvalue weighted by Gasteiger charge is 2.15. The third-order valence-corrected chi connectivity index (χ3v) is 2.64.